The van der Waals surface area contributed by atoms with Crippen LogP contribution in [0.15, 0.2) is 42.5 Å². The fraction of sp³-hybridized carbons (Fsp3) is 0.455. The Hall–Kier alpha value is -2.04. The van der Waals surface area contributed by atoms with Gasteiger partial charge in [-0.3, -0.25) is 4.90 Å². The molecule has 0 amide bonds. The van der Waals surface area contributed by atoms with E-state index in [-0.39, 0.29) is 0 Å². The average molecular weight is 355 g/mol. The summed E-state index contributed by atoms with van der Waals surface area (Å²) in [7, 11) is 1.71. The van der Waals surface area contributed by atoms with Crippen molar-refractivity contribution in [2.45, 2.75) is 26.4 Å². The van der Waals surface area contributed by atoms with Crippen LogP contribution < -0.4 is 9.47 Å². The minimum atomic E-state index is 0.519. The van der Waals surface area contributed by atoms with Crippen LogP contribution in [0.4, 0.5) is 0 Å². The van der Waals surface area contributed by atoms with Gasteiger partial charge in [-0.2, -0.15) is 0 Å². The van der Waals surface area contributed by atoms with Gasteiger partial charge >= 0.3 is 0 Å². The summed E-state index contributed by atoms with van der Waals surface area (Å²) < 4.78 is 16.9. The Labute approximate surface area is 156 Å². The molecule has 0 saturated carbocycles. The molecule has 0 N–H and O–H groups in total. The second kappa shape index (κ2) is 9.60. The summed E-state index contributed by atoms with van der Waals surface area (Å²) >= 11 is 0. The molecular formula is C22H29NO3. The van der Waals surface area contributed by atoms with Gasteiger partial charge in [-0.15, -0.1) is 0 Å². The number of hydrogen-bond donors (Lipinski definition) is 0. The fourth-order valence-corrected chi connectivity index (χ4v) is 3.31. The number of para-hydroxylation sites is 1. The van der Waals surface area contributed by atoms with Crippen LogP contribution in [0.25, 0.3) is 0 Å². The molecular weight excluding hydrogens is 326 g/mol. The first-order valence-electron chi connectivity index (χ1n) is 9.40. The lowest BCUT2D eigenvalue weighted by molar-refractivity contribution is 0.0374. The predicted octanol–water partition coefficient (Wildman–Crippen LogP) is 3.85. The lowest BCUT2D eigenvalue weighted by atomic mass is 10.1. The summed E-state index contributed by atoms with van der Waals surface area (Å²) in [6.45, 7) is 7.55. The number of rotatable bonds is 8. The molecule has 2 aromatic rings. The largest absolute Gasteiger partial charge is 0.496 e. The zero-order valence-corrected chi connectivity index (χ0v) is 15.9. The highest BCUT2D eigenvalue weighted by Gasteiger charge is 2.10. The van der Waals surface area contributed by atoms with Crippen LogP contribution in [0.3, 0.4) is 0 Å². The Bertz CT molecular complexity index is 696. The Morgan fingerprint density at radius 3 is 2.62 bits per heavy atom. The number of methoxy groups -OCH3 is 1. The van der Waals surface area contributed by atoms with Gasteiger partial charge in [-0.1, -0.05) is 24.3 Å². The van der Waals surface area contributed by atoms with Gasteiger partial charge in [0.05, 0.1) is 20.3 Å². The maximum Gasteiger partial charge on any atom is 0.125 e. The summed E-state index contributed by atoms with van der Waals surface area (Å²) in [5, 5.41) is 0. The van der Waals surface area contributed by atoms with Crippen LogP contribution >= 0.6 is 0 Å². The average Bonchev–Trinajstić information content (AvgIpc) is 2.68. The third-order valence-corrected chi connectivity index (χ3v) is 4.87. The molecule has 0 atom stereocenters. The van der Waals surface area contributed by atoms with Gasteiger partial charge < -0.3 is 14.2 Å². The summed E-state index contributed by atoms with van der Waals surface area (Å²) in [6.07, 6.45) is 2.23. The number of benzene rings is 2. The molecule has 3 rings (SSSR count). The highest BCUT2D eigenvalue weighted by Crippen LogP contribution is 2.24. The lowest BCUT2D eigenvalue weighted by Crippen LogP contribution is -2.36. The zero-order valence-electron chi connectivity index (χ0n) is 15.9. The van der Waals surface area contributed by atoms with E-state index in [4.69, 9.17) is 14.2 Å². The first-order valence-corrected chi connectivity index (χ1v) is 9.40. The Morgan fingerprint density at radius 2 is 1.85 bits per heavy atom. The number of aryl methyl sites for hydroxylation is 2. The molecule has 1 aliphatic rings. The molecule has 4 nitrogen and oxygen atoms in total. The third-order valence-electron chi connectivity index (χ3n) is 4.87. The fourth-order valence-electron chi connectivity index (χ4n) is 3.31. The number of morpholine rings is 1. The molecule has 1 heterocycles. The zero-order chi connectivity index (χ0) is 18.2. The quantitative estimate of drug-likeness (QED) is 0.720. The molecule has 1 aliphatic heterocycles. The maximum absolute atomic E-state index is 6.02. The second-order valence-electron chi connectivity index (χ2n) is 6.76. The van der Waals surface area contributed by atoms with Crippen molar-refractivity contribution in [1.29, 1.82) is 0 Å². The first kappa shape index (κ1) is 18.7. The predicted molar refractivity (Wildman–Crippen MR) is 104 cm³/mol. The van der Waals surface area contributed by atoms with Gasteiger partial charge in [0, 0.05) is 18.7 Å². The van der Waals surface area contributed by atoms with E-state index in [0.717, 1.165) is 68.3 Å². The number of hydrogen-bond acceptors (Lipinski definition) is 4. The first-order chi connectivity index (χ1) is 12.8. The van der Waals surface area contributed by atoms with Gasteiger partial charge in [0.25, 0.3) is 0 Å². The van der Waals surface area contributed by atoms with Crippen LogP contribution in [0.2, 0.25) is 0 Å². The van der Waals surface area contributed by atoms with Gasteiger partial charge in [0.2, 0.25) is 0 Å². The lowest BCUT2D eigenvalue weighted by Gasteiger charge is -2.26. The van der Waals surface area contributed by atoms with E-state index in [0.29, 0.717) is 6.61 Å². The monoisotopic (exact) mass is 355 g/mol. The summed E-state index contributed by atoms with van der Waals surface area (Å²) in [4.78, 5) is 2.48. The number of ether oxygens (including phenoxy) is 3. The molecule has 0 radical (unpaired) electrons. The highest BCUT2D eigenvalue weighted by molar-refractivity contribution is 5.38. The van der Waals surface area contributed by atoms with Gasteiger partial charge in [0.1, 0.15) is 18.1 Å². The Kier molecular flexibility index (Phi) is 6.92. The van der Waals surface area contributed by atoms with Crippen LogP contribution in [0.5, 0.6) is 11.5 Å². The number of nitrogens with zero attached hydrogens (tertiary/aromatic N) is 1. The molecule has 140 valence electrons. The SMILES string of the molecule is COc1ccc(CCCN2CCOCC2)cc1COc1ccccc1C. The smallest absolute Gasteiger partial charge is 0.125 e. The highest BCUT2D eigenvalue weighted by atomic mass is 16.5. The minimum Gasteiger partial charge on any atom is -0.496 e. The second-order valence-corrected chi connectivity index (χ2v) is 6.76. The van der Waals surface area contributed by atoms with Crippen LogP contribution in [0.1, 0.15) is 23.1 Å². The summed E-state index contributed by atoms with van der Waals surface area (Å²) in [6, 6.07) is 14.5. The van der Waals surface area contributed by atoms with Crippen molar-refractivity contribution in [3.63, 3.8) is 0 Å². The van der Waals surface area contributed by atoms with Crippen molar-refractivity contribution < 1.29 is 14.2 Å². The minimum absolute atomic E-state index is 0.519. The molecule has 0 aromatic heterocycles. The van der Waals surface area contributed by atoms with E-state index in [9.17, 15) is 0 Å². The van der Waals surface area contributed by atoms with Crippen molar-refractivity contribution in [1.82, 2.24) is 4.90 Å². The molecule has 4 heteroatoms. The van der Waals surface area contributed by atoms with Crippen molar-refractivity contribution in [2.75, 3.05) is 40.0 Å². The molecule has 1 saturated heterocycles. The van der Waals surface area contributed by atoms with Crippen LogP contribution in [-0.2, 0) is 17.8 Å². The van der Waals surface area contributed by atoms with E-state index >= 15 is 0 Å². The third kappa shape index (κ3) is 5.23. The molecule has 2 aromatic carbocycles. The maximum atomic E-state index is 6.02. The van der Waals surface area contributed by atoms with E-state index in [2.05, 4.69) is 36.1 Å². The molecule has 1 fully saturated rings. The van der Waals surface area contributed by atoms with E-state index in [1.54, 1.807) is 7.11 Å². The van der Waals surface area contributed by atoms with Gasteiger partial charge in [0.15, 0.2) is 0 Å². The van der Waals surface area contributed by atoms with E-state index in [1.165, 1.54) is 5.56 Å². The van der Waals surface area contributed by atoms with Crippen LogP contribution in [0, 0.1) is 6.92 Å². The molecule has 0 bridgehead atoms. The summed E-state index contributed by atoms with van der Waals surface area (Å²) in [5.41, 5.74) is 3.58. The van der Waals surface area contributed by atoms with E-state index in [1.807, 2.05) is 18.2 Å². The van der Waals surface area contributed by atoms with Crippen molar-refractivity contribution in [2.24, 2.45) is 0 Å². The van der Waals surface area contributed by atoms with Crippen molar-refractivity contribution in [3.8, 4) is 11.5 Å². The normalized spacial score (nSPS) is 15.0. The molecule has 0 aliphatic carbocycles. The molecule has 0 unspecified atom stereocenters. The van der Waals surface area contributed by atoms with E-state index < -0.39 is 0 Å². The molecule has 26 heavy (non-hydrogen) atoms. The van der Waals surface area contributed by atoms with Crippen LogP contribution in [-0.4, -0.2) is 44.9 Å². The van der Waals surface area contributed by atoms with Gasteiger partial charge in [-0.05, 0) is 55.6 Å². The topological polar surface area (TPSA) is 30.9 Å². The van der Waals surface area contributed by atoms with Gasteiger partial charge in [-0.25, -0.2) is 0 Å². The molecule has 0 spiro atoms. The van der Waals surface area contributed by atoms with Crippen molar-refractivity contribution in [3.05, 3.63) is 59.2 Å². The summed E-state index contributed by atoms with van der Waals surface area (Å²) in [5.74, 6) is 1.81. The Balaban J connectivity index is 1.57. The standard InChI is InChI=1S/C22H29NO3/c1-18-6-3-4-8-21(18)26-17-20-16-19(9-10-22(20)24-2)7-5-11-23-12-14-25-15-13-23/h3-4,6,8-10,16H,5,7,11-15,17H2,1-2H3. The van der Waals surface area contributed by atoms with Crippen molar-refractivity contribution >= 4 is 0 Å². The Morgan fingerprint density at radius 1 is 1.04 bits per heavy atom.